The average molecular weight is 375 g/mol. The van der Waals surface area contributed by atoms with Crippen LogP contribution >= 0.6 is 11.3 Å². The number of amides is 2. The Labute approximate surface area is 157 Å². The molecule has 1 atom stereocenters. The second-order valence-electron chi connectivity index (χ2n) is 6.70. The fourth-order valence-corrected chi connectivity index (χ4v) is 3.93. The fourth-order valence-electron chi connectivity index (χ4n) is 3.19. The summed E-state index contributed by atoms with van der Waals surface area (Å²) in [5, 5.41) is 15.8. The van der Waals surface area contributed by atoms with Crippen LogP contribution in [0, 0.1) is 5.92 Å². The second kappa shape index (κ2) is 8.93. The molecule has 2 aromatic heterocycles. The first-order chi connectivity index (χ1) is 12.6. The monoisotopic (exact) mass is 375 g/mol. The minimum atomic E-state index is -0.247. The van der Waals surface area contributed by atoms with E-state index in [1.807, 2.05) is 24.4 Å². The largest absolute Gasteiger partial charge is 0.354 e. The van der Waals surface area contributed by atoms with Crippen molar-refractivity contribution in [3.63, 3.8) is 0 Å². The number of nitrogens with zero attached hydrogens (tertiary/aromatic N) is 3. The molecule has 7 nitrogen and oxygen atoms in total. The smallest absolute Gasteiger partial charge is 0.273 e. The van der Waals surface area contributed by atoms with E-state index in [0.29, 0.717) is 13.1 Å². The molecule has 0 aliphatic heterocycles. The van der Waals surface area contributed by atoms with E-state index < -0.39 is 0 Å². The second-order valence-corrected chi connectivity index (χ2v) is 7.68. The van der Waals surface area contributed by atoms with Crippen molar-refractivity contribution in [1.82, 2.24) is 25.6 Å². The first-order valence-corrected chi connectivity index (χ1v) is 10.0. The Kier molecular flexibility index (Phi) is 6.38. The van der Waals surface area contributed by atoms with Gasteiger partial charge in [0.05, 0.1) is 18.8 Å². The van der Waals surface area contributed by atoms with E-state index in [-0.39, 0.29) is 29.5 Å². The molecule has 1 saturated carbocycles. The van der Waals surface area contributed by atoms with E-state index in [0.717, 1.165) is 30.6 Å². The number of rotatable bonds is 7. The lowest BCUT2D eigenvalue weighted by Gasteiger charge is -2.20. The summed E-state index contributed by atoms with van der Waals surface area (Å²) in [4.78, 5) is 25.5. The van der Waals surface area contributed by atoms with Gasteiger partial charge in [0.25, 0.3) is 5.91 Å². The van der Waals surface area contributed by atoms with Gasteiger partial charge in [-0.2, -0.15) is 0 Å². The topological polar surface area (TPSA) is 88.9 Å². The summed E-state index contributed by atoms with van der Waals surface area (Å²) in [6.45, 7) is 2.93. The predicted octanol–water partition coefficient (Wildman–Crippen LogP) is 2.53. The maximum atomic E-state index is 12.3. The molecule has 0 spiro atoms. The normalized spacial score (nSPS) is 16.2. The SMILES string of the molecule is CC(NC(=O)c1cn(CCNC(=O)C2CCCCC2)nn1)c1cccs1. The number of hydrogen-bond acceptors (Lipinski definition) is 5. The van der Waals surface area contributed by atoms with E-state index >= 15 is 0 Å². The molecule has 2 amide bonds. The Morgan fingerprint density at radius 3 is 2.88 bits per heavy atom. The summed E-state index contributed by atoms with van der Waals surface area (Å²) in [6.07, 6.45) is 7.11. The Morgan fingerprint density at radius 1 is 1.35 bits per heavy atom. The number of thiophene rings is 1. The Bertz CT molecular complexity index is 722. The maximum absolute atomic E-state index is 12.3. The quantitative estimate of drug-likeness (QED) is 0.778. The highest BCUT2D eigenvalue weighted by Crippen LogP contribution is 2.23. The van der Waals surface area contributed by atoms with E-state index in [4.69, 9.17) is 0 Å². The lowest BCUT2D eigenvalue weighted by atomic mass is 9.89. The summed E-state index contributed by atoms with van der Waals surface area (Å²) in [7, 11) is 0. The van der Waals surface area contributed by atoms with Crippen LogP contribution in [0.25, 0.3) is 0 Å². The number of carbonyl (C=O) groups excluding carboxylic acids is 2. The zero-order valence-corrected chi connectivity index (χ0v) is 15.8. The van der Waals surface area contributed by atoms with Crippen LogP contribution in [0.1, 0.15) is 60.4 Å². The molecule has 1 aliphatic rings. The lowest BCUT2D eigenvalue weighted by Crippen LogP contribution is -2.34. The van der Waals surface area contributed by atoms with Gasteiger partial charge >= 0.3 is 0 Å². The van der Waals surface area contributed by atoms with Crippen molar-refractivity contribution in [2.45, 2.75) is 51.6 Å². The summed E-state index contributed by atoms with van der Waals surface area (Å²) in [5.74, 6) is 0.0375. The van der Waals surface area contributed by atoms with Crippen LogP contribution in [0.4, 0.5) is 0 Å². The molecular formula is C18H25N5O2S. The van der Waals surface area contributed by atoms with Gasteiger partial charge in [-0.25, -0.2) is 4.68 Å². The van der Waals surface area contributed by atoms with Gasteiger partial charge < -0.3 is 10.6 Å². The molecule has 2 heterocycles. The van der Waals surface area contributed by atoms with Crippen LogP contribution in [-0.4, -0.2) is 33.4 Å². The number of hydrogen-bond donors (Lipinski definition) is 2. The van der Waals surface area contributed by atoms with Gasteiger partial charge in [0.2, 0.25) is 5.91 Å². The minimum absolute atomic E-state index is 0.0672. The summed E-state index contributed by atoms with van der Waals surface area (Å²) >= 11 is 1.60. The third-order valence-corrected chi connectivity index (χ3v) is 5.76. The molecule has 1 fully saturated rings. The fraction of sp³-hybridized carbons (Fsp3) is 0.556. The Morgan fingerprint density at radius 2 is 2.15 bits per heavy atom. The standard InChI is InChI=1S/C18H25N5O2S/c1-13(16-8-5-11-26-16)20-18(25)15-12-23(22-21-15)10-9-19-17(24)14-6-3-2-4-7-14/h5,8,11-14H,2-4,6-7,9-10H2,1H3,(H,19,24)(H,20,25). The molecule has 2 aromatic rings. The van der Waals surface area contributed by atoms with Gasteiger partial charge in [0.1, 0.15) is 0 Å². The molecule has 140 valence electrons. The van der Waals surface area contributed by atoms with Gasteiger partial charge in [0.15, 0.2) is 5.69 Å². The number of aromatic nitrogens is 3. The van der Waals surface area contributed by atoms with Gasteiger partial charge in [-0.15, -0.1) is 16.4 Å². The highest BCUT2D eigenvalue weighted by molar-refractivity contribution is 7.10. The third-order valence-electron chi connectivity index (χ3n) is 4.70. The van der Waals surface area contributed by atoms with Crippen molar-refractivity contribution in [3.05, 3.63) is 34.3 Å². The van der Waals surface area contributed by atoms with Crippen molar-refractivity contribution in [2.24, 2.45) is 5.92 Å². The molecular weight excluding hydrogens is 350 g/mol. The van der Waals surface area contributed by atoms with E-state index in [2.05, 4.69) is 20.9 Å². The first-order valence-electron chi connectivity index (χ1n) is 9.15. The molecule has 0 bridgehead atoms. The van der Waals surface area contributed by atoms with Gasteiger partial charge in [-0.1, -0.05) is 30.5 Å². The lowest BCUT2D eigenvalue weighted by molar-refractivity contribution is -0.125. The highest BCUT2D eigenvalue weighted by Gasteiger charge is 2.20. The minimum Gasteiger partial charge on any atom is -0.354 e. The van der Waals surface area contributed by atoms with Gasteiger partial charge in [0, 0.05) is 17.3 Å². The summed E-state index contributed by atoms with van der Waals surface area (Å²) in [6, 6.07) is 3.88. The van der Waals surface area contributed by atoms with Gasteiger partial charge in [-0.05, 0) is 31.2 Å². The van der Waals surface area contributed by atoms with Crippen molar-refractivity contribution in [2.75, 3.05) is 6.54 Å². The number of nitrogens with one attached hydrogen (secondary N) is 2. The molecule has 3 rings (SSSR count). The Hall–Kier alpha value is -2.22. The molecule has 2 N–H and O–H groups in total. The molecule has 26 heavy (non-hydrogen) atoms. The van der Waals surface area contributed by atoms with Crippen molar-refractivity contribution in [1.29, 1.82) is 0 Å². The van der Waals surface area contributed by atoms with E-state index in [9.17, 15) is 9.59 Å². The molecule has 8 heteroatoms. The van der Waals surface area contributed by atoms with E-state index in [1.54, 1.807) is 22.2 Å². The summed E-state index contributed by atoms with van der Waals surface area (Å²) in [5.41, 5.74) is 0.284. The predicted molar refractivity (Wildman–Crippen MR) is 99.8 cm³/mol. The third kappa shape index (κ3) is 4.91. The Balaban J connectivity index is 1.43. The van der Waals surface area contributed by atoms with Crippen LogP contribution in [0.2, 0.25) is 0 Å². The van der Waals surface area contributed by atoms with E-state index in [1.165, 1.54) is 6.42 Å². The average Bonchev–Trinajstić information content (AvgIpc) is 3.34. The molecule has 0 radical (unpaired) electrons. The van der Waals surface area contributed by atoms with Crippen LogP contribution in [0.15, 0.2) is 23.7 Å². The van der Waals surface area contributed by atoms with Crippen molar-refractivity contribution >= 4 is 23.2 Å². The van der Waals surface area contributed by atoms with Crippen molar-refractivity contribution < 1.29 is 9.59 Å². The molecule has 0 aromatic carbocycles. The zero-order valence-electron chi connectivity index (χ0n) is 15.0. The van der Waals surface area contributed by atoms with Crippen LogP contribution in [0.5, 0.6) is 0 Å². The van der Waals surface area contributed by atoms with Crippen molar-refractivity contribution in [3.8, 4) is 0 Å². The molecule has 1 unspecified atom stereocenters. The summed E-state index contributed by atoms with van der Waals surface area (Å²) < 4.78 is 1.59. The van der Waals surface area contributed by atoms with Crippen LogP contribution < -0.4 is 10.6 Å². The molecule has 0 saturated heterocycles. The molecule has 1 aliphatic carbocycles. The zero-order chi connectivity index (χ0) is 18.4. The van der Waals surface area contributed by atoms with Gasteiger partial charge in [-0.3, -0.25) is 9.59 Å². The van der Waals surface area contributed by atoms with Crippen LogP contribution in [-0.2, 0) is 11.3 Å². The number of carbonyl (C=O) groups is 2. The first kappa shape index (κ1) is 18.6. The maximum Gasteiger partial charge on any atom is 0.273 e. The highest BCUT2D eigenvalue weighted by atomic mass is 32.1. The van der Waals surface area contributed by atoms with Crippen LogP contribution in [0.3, 0.4) is 0 Å².